The predicted molar refractivity (Wildman–Crippen MR) is 89.4 cm³/mol. The molecule has 0 bridgehead atoms. The summed E-state index contributed by atoms with van der Waals surface area (Å²) in [5.41, 5.74) is 1.31. The van der Waals surface area contributed by atoms with Gasteiger partial charge in [0.05, 0.1) is 5.69 Å². The molecule has 1 aromatic heterocycles. The monoisotopic (exact) mass is 348 g/mol. The summed E-state index contributed by atoms with van der Waals surface area (Å²) < 4.78 is 12.9. The number of rotatable bonds is 4. The summed E-state index contributed by atoms with van der Waals surface area (Å²) in [6, 6.07) is 5.39. The zero-order valence-corrected chi connectivity index (χ0v) is 13.7. The molecule has 3 rings (SSSR count). The largest absolute Gasteiger partial charge is 0.506 e. The lowest BCUT2D eigenvalue weighted by molar-refractivity contribution is -0.133. The first-order valence-electron chi connectivity index (χ1n) is 7.64. The summed E-state index contributed by atoms with van der Waals surface area (Å²) in [7, 11) is 0. The highest BCUT2D eigenvalue weighted by atomic mass is 32.1. The van der Waals surface area contributed by atoms with E-state index >= 15 is 0 Å². The molecule has 2 amide bonds. The van der Waals surface area contributed by atoms with E-state index in [1.54, 1.807) is 16.2 Å². The summed E-state index contributed by atoms with van der Waals surface area (Å²) >= 11 is 1.71. The molecule has 0 aliphatic carbocycles. The Morgan fingerprint density at radius 3 is 2.92 bits per heavy atom. The van der Waals surface area contributed by atoms with Crippen molar-refractivity contribution in [2.24, 2.45) is 0 Å². The first kappa shape index (κ1) is 16.4. The third-order valence-corrected chi connectivity index (χ3v) is 4.98. The van der Waals surface area contributed by atoms with E-state index in [2.05, 4.69) is 5.32 Å². The van der Waals surface area contributed by atoms with Crippen LogP contribution >= 0.6 is 11.3 Å². The molecule has 0 saturated heterocycles. The van der Waals surface area contributed by atoms with Crippen molar-refractivity contribution in [3.05, 3.63) is 45.9 Å². The van der Waals surface area contributed by atoms with Crippen LogP contribution in [0, 0.1) is 5.82 Å². The fraction of sp³-hybridized carbons (Fsp3) is 0.294. The number of anilines is 1. The average Bonchev–Trinajstić information content (AvgIpc) is 3.03. The highest BCUT2D eigenvalue weighted by Gasteiger charge is 2.21. The standard InChI is InChI=1S/C17H17FN2O3S/c18-12-1-2-13(14(21)9-12)19-16(22)3-4-17(23)20-7-5-15-11(10-20)6-8-24-15/h1-2,6,8-9,21H,3-5,7,10H2,(H,19,22). The Bertz CT molecular complexity index is 775. The summed E-state index contributed by atoms with van der Waals surface area (Å²) in [6.45, 7) is 1.27. The second kappa shape index (κ2) is 7.00. The van der Waals surface area contributed by atoms with Crippen molar-refractivity contribution in [3.8, 4) is 5.75 Å². The SMILES string of the molecule is O=C(CCC(=O)N1CCc2sccc2C1)Nc1ccc(F)cc1O. The number of amides is 2. The second-order valence-corrected chi connectivity index (χ2v) is 6.64. The van der Waals surface area contributed by atoms with E-state index in [0.717, 1.165) is 18.6 Å². The first-order chi connectivity index (χ1) is 11.5. The third kappa shape index (κ3) is 3.73. The minimum absolute atomic E-state index is 0.0165. The van der Waals surface area contributed by atoms with Crippen molar-refractivity contribution in [2.45, 2.75) is 25.8 Å². The Morgan fingerprint density at radius 2 is 2.12 bits per heavy atom. The predicted octanol–water partition coefficient (Wildman–Crippen LogP) is 2.90. The molecule has 0 saturated carbocycles. The minimum atomic E-state index is -0.585. The van der Waals surface area contributed by atoms with Gasteiger partial charge in [0.15, 0.2) is 0 Å². The number of hydrogen-bond donors (Lipinski definition) is 2. The molecule has 0 spiro atoms. The molecule has 7 heteroatoms. The van der Waals surface area contributed by atoms with Crippen LogP contribution in [0.15, 0.2) is 29.6 Å². The lowest BCUT2D eigenvalue weighted by atomic mass is 10.1. The van der Waals surface area contributed by atoms with E-state index in [9.17, 15) is 19.1 Å². The van der Waals surface area contributed by atoms with Gasteiger partial charge in [0.25, 0.3) is 0 Å². The fourth-order valence-electron chi connectivity index (χ4n) is 2.66. The lowest BCUT2D eigenvalue weighted by Crippen LogP contribution is -2.35. The van der Waals surface area contributed by atoms with E-state index in [1.165, 1.54) is 16.5 Å². The van der Waals surface area contributed by atoms with Crippen molar-refractivity contribution >= 4 is 28.8 Å². The molecule has 1 aliphatic rings. The molecule has 1 aromatic carbocycles. The Labute approximate surface area is 142 Å². The Morgan fingerprint density at radius 1 is 1.29 bits per heavy atom. The normalized spacial score (nSPS) is 13.5. The molecule has 24 heavy (non-hydrogen) atoms. The van der Waals surface area contributed by atoms with Crippen LogP contribution in [-0.2, 0) is 22.6 Å². The van der Waals surface area contributed by atoms with Gasteiger partial charge >= 0.3 is 0 Å². The fourth-order valence-corrected chi connectivity index (χ4v) is 3.55. The Kier molecular flexibility index (Phi) is 4.80. The maximum absolute atomic E-state index is 12.9. The third-order valence-electron chi connectivity index (χ3n) is 3.96. The molecule has 1 aliphatic heterocycles. The molecule has 0 unspecified atom stereocenters. The van der Waals surface area contributed by atoms with E-state index in [0.29, 0.717) is 13.1 Å². The number of nitrogens with one attached hydrogen (secondary N) is 1. The number of phenolic OH excluding ortho intramolecular Hbond substituents is 1. The molecule has 2 aromatic rings. The van der Waals surface area contributed by atoms with Gasteiger partial charge in [-0.3, -0.25) is 9.59 Å². The number of hydrogen-bond acceptors (Lipinski definition) is 4. The van der Waals surface area contributed by atoms with Gasteiger partial charge in [-0.05, 0) is 35.6 Å². The molecule has 2 heterocycles. The highest BCUT2D eigenvalue weighted by Crippen LogP contribution is 2.25. The Hall–Kier alpha value is -2.41. The van der Waals surface area contributed by atoms with E-state index in [-0.39, 0.29) is 30.2 Å². The van der Waals surface area contributed by atoms with Crippen molar-refractivity contribution in [1.82, 2.24) is 4.90 Å². The molecule has 0 fully saturated rings. The molecular formula is C17H17FN2O3S. The molecule has 0 atom stereocenters. The zero-order valence-electron chi connectivity index (χ0n) is 12.9. The number of benzene rings is 1. The van der Waals surface area contributed by atoms with Gasteiger partial charge in [0, 0.05) is 36.9 Å². The summed E-state index contributed by atoms with van der Waals surface area (Å²) in [4.78, 5) is 27.2. The number of carbonyl (C=O) groups is 2. The molecule has 5 nitrogen and oxygen atoms in total. The van der Waals surface area contributed by atoms with Gasteiger partial charge in [-0.2, -0.15) is 0 Å². The Balaban J connectivity index is 1.50. The van der Waals surface area contributed by atoms with Crippen molar-refractivity contribution in [1.29, 1.82) is 0 Å². The van der Waals surface area contributed by atoms with Gasteiger partial charge in [-0.1, -0.05) is 0 Å². The molecule has 126 valence electrons. The maximum atomic E-state index is 12.9. The number of fused-ring (bicyclic) bond motifs is 1. The van der Waals surface area contributed by atoms with Crippen LogP contribution in [0.5, 0.6) is 5.75 Å². The number of thiophene rings is 1. The summed E-state index contributed by atoms with van der Waals surface area (Å²) in [5, 5.41) is 14.1. The summed E-state index contributed by atoms with van der Waals surface area (Å²) in [6.07, 6.45) is 0.976. The van der Waals surface area contributed by atoms with E-state index in [4.69, 9.17) is 0 Å². The van der Waals surface area contributed by atoms with Crippen LogP contribution in [0.25, 0.3) is 0 Å². The van der Waals surface area contributed by atoms with Crippen molar-refractivity contribution in [2.75, 3.05) is 11.9 Å². The van der Waals surface area contributed by atoms with E-state index in [1.807, 2.05) is 11.4 Å². The number of aromatic hydroxyl groups is 1. The van der Waals surface area contributed by atoms with Crippen LogP contribution < -0.4 is 5.32 Å². The highest BCUT2D eigenvalue weighted by molar-refractivity contribution is 7.10. The number of carbonyl (C=O) groups excluding carboxylic acids is 2. The van der Waals surface area contributed by atoms with Gasteiger partial charge in [-0.25, -0.2) is 4.39 Å². The van der Waals surface area contributed by atoms with Gasteiger partial charge in [-0.15, -0.1) is 11.3 Å². The lowest BCUT2D eigenvalue weighted by Gasteiger charge is -2.27. The smallest absolute Gasteiger partial charge is 0.224 e. The molecular weight excluding hydrogens is 331 g/mol. The first-order valence-corrected chi connectivity index (χ1v) is 8.52. The number of phenols is 1. The maximum Gasteiger partial charge on any atom is 0.224 e. The topological polar surface area (TPSA) is 69.6 Å². The van der Waals surface area contributed by atoms with Gasteiger partial charge in [0.2, 0.25) is 11.8 Å². The van der Waals surface area contributed by atoms with Gasteiger partial charge in [0.1, 0.15) is 11.6 Å². The van der Waals surface area contributed by atoms with E-state index < -0.39 is 11.7 Å². The number of halogens is 1. The van der Waals surface area contributed by atoms with Crippen LogP contribution in [0.1, 0.15) is 23.3 Å². The van der Waals surface area contributed by atoms with Crippen LogP contribution in [0.2, 0.25) is 0 Å². The molecule has 0 radical (unpaired) electrons. The zero-order chi connectivity index (χ0) is 17.1. The number of nitrogens with zero attached hydrogens (tertiary/aromatic N) is 1. The van der Waals surface area contributed by atoms with Crippen molar-refractivity contribution in [3.63, 3.8) is 0 Å². The average molecular weight is 348 g/mol. The molecule has 2 N–H and O–H groups in total. The second-order valence-electron chi connectivity index (χ2n) is 5.64. The quantitative estimate of drug-likeness (QED) is 0.835. The summed E-state index contributed by atoms with van der Waals surface area (Å²) in [5.74, 6) is -1.38. The van der Waals surface area contributed by atoms with Crippen molar-refractivity contribution < 1.29 is 19.1 Å². The minimum Gasteiger partial charge on any atom is -0.506 e. The van der Waals surface area contributed by atoms with Crippen LogP contribution in [-0.4, -0.2) is 28.4 Å². The van der Waals surface area contributed by atoms with Gasteiger partial charge < -0.3 is 15.3 Å². The van der Waals surface area contributed by atoms with Crippen LogP contribution in [0.4, 0.5) is 10.1 Å². The van der Waals surface area contributed by atoms with Crippen LogP contribution in [0.3, 0.4) is 0 Å².